The number of pyridine rings is 1. The molecule has 3 rings (SSSR count). The lowest BCUT2D eigenvalue weighted by Gasteiger charge is -2.21. The molecular formula is C15H14N4S. The molecular weight excluding hydrogens is 268 g/mol. The molecule has 5 heteroatoms. The van der Waals surface area contributed by atoms with Gasteiger partial charge in [-0.15, -0.1) is 0 Å². The summed E-state index contributed by atoms with van der Waals surface area (Å²) in [5.74, 6) is 0. The molecule has 0 fully saturated rings. The van der Waals surface area contributed by atoms with Crippen LogP contribution in [0.3, 0.4) is 0 Å². The van der Waals surface area contributed by atoms with E-state index in [1.165, 1.54) is 0 Å². The van der Waals surface area contributed by atoms with Crippen molar-refractivity contribution in [2.24, 2.45) is 10.8 Å². The molecule has 4 nitrogen and oxygen atoms in total. The number of nitrogens with zero attached hydrogens (tertiary/aromatic N) is 3. The zero-order chi connectivity index (χ0) is 13.9. The van der Waals surface area contributed by atoms with Crippen molar-refractivity contribution >= 4 is 23.0 Å². The van der Waals surface area contributed by atoms with Crippen molar-refractivity contribution in [3.63, 3.8) is 0 Å². The van der Waals surface area contributed by atoms with E-state index in [0.29, 0.717) is 0 Å². The summed E-state index contributed by atoms with van der Waals surface area (Å²) in [6.07, 6.45) is 4.33. The topological polar surface area (TPSA) is 54.5 Å². The fourth-order valence-corrected chi connectivity index (χ4v) is 2.53. The van der Waals surface area contributed by atoms with Crippen LogP contribution >= 0.6 is 12.2 Å². The second-order valence-corrected chi connectivity index (χ2v) is 5.01. The molecule has 2 aromatic rings. The maximum atomic E-state index is 5.80. The normalized spacial score (nSPS) is 17.9. The summed E-state index contributed by atoms with van der Waals surface area (Å²) in [5, 5.41) is 6.58. The van der Waals surface area contributed by atoms with Crippen molar-refractivity contribution in [3.05, 3.63) is 66.0 Å². The van der Waals surface area contributed by atoms with E-state index in [9.17, 15) is 0 Å². The standard InChI is InChI=1S/C15H14N4S/c16-15(20)19-14(12-6-8-17-9-7-12)10-13(18-19)11-4-2-1-3-5-11/h1-9,14H,10H2,(H2,16,20). The average Bonchev–Trinajstić information content (AvgIpc) is 2.94. The van der Waals surface area contributed by atoms with Crippen LogP contribution in [0.1, 0.15) is 23.6 Å². The summed E-state index contributed by atoms with van der Waals surface area (Å²) in [5.41, 5.74) is 9.02. The molecule has 1 aliphatic rings. The molecule has 0 amide bonds. The van der Waals surface area contributed by atoms with Crippen molar-refractivity contribution in [1.29, 1.82) is 0 Å². The van der Waals surface area contributed by atoms with E-state index < -0.39 is 0 Å². The third-order valence-corrected chi connectivity index (χ3v) is 3.52. The van der Waals surface area contributed by atoms with Gasteiger partial charge < -0.3 is 5.73 Å². The van der Waals surface area contributed by atoms with Crippen LogP contribution in [0, 0.1) is 0 Å². The second kappa shape index (κ2) is 5.38. The molecule has 1 atom stereocenters. The van der Waals surface area contributed by atoms with Crippen LogP contribution in [0.5, 0.6) is 0 Å². The molecule has 1 aliphatic heterocycles. The Morgan fingerprint density at radius 2 is 1.85 bits per heavy atom. The molecule has 1 unspecified atom stereocenters. The predicted molar refractivity (Wildman–Crippen MR) is 83.2 cm³/mol. The van der Waals surface area contributed by atoms with Gasteiger partial charge in [0.05, 0.1) is 11.8 Å². The molecule has 0 radical (unpaired) electrons. The molecule has 20 heavy (non-hydrogen) atoms. The number of hydrazone groups is 1. The summed E-state index contributed by atoms with van der Waals surface area (Å²) < 4.78 is 0. The van der Waals surface area contributed by atoms with Gasteiger partial charge in [0.15, 0.2) is 5.11 Å². The van der Waals surface area contributed by atoms with Crippen LogP contribution in [0.4, 0.5) is 0 Å². The van der Waals surface area contributed by atoms with Crippen LogP contribution < -0.4 is 5.73 Å². The van der Waals surface area contributed by atoms with Gasteiger partial charge in [-0.25, -0.2) is 5.01 Å². The Bertz CT molecular complexity index is 639. The number of hydrogen-bond acceptors (Lipinski definition) is 3. The van der Waals surface area contributed by atoms with E-state index in [0.717, 1.165) is 23.3 Å². The molecule has 0 spiro atoms. The number of nitrogens with two attached hydrogens (primary N) is 1. The number of rotatable bonds is 2. The SMILES string of the molecule is NC(=S)N1N=C(c2ccccc2)CC1c1ccncc1. The highest BCUT2D eigenvalue weighted by atomic mass is 32.1. The zero-order valence-corrected chi connectivity index (χ0v) is 11.6. The molecule has 1 aromatic carbocycles. The molecule has 0 saturated carbocycles. The number of thiocarbonyl (C=S) groups is 1. The van der Waals surface area contributed by atoms with Gasteiger partial charge in [0.1, 0.15) is 0 Å². The number of benzene rings is 1. The largest absolute Gasteiger partial charge is 0.375 e. The van der Waals surface area contributed by atoms with Crippen molar-refractivity contribution < 1.29 is 0 Å². The molecule has 100 valence electrons. The van der Waals surface area contributed by atoms with E-state index in [-0.39, 0.29) is 11.2 Å². The molecule has 0 aliphatic carbocycles. The van der Waals surface area contributed by atoms with Gasteiger partial charge in [0.2, 0.25) is 0 Å². The highest BCUT2D eigenvalue weighted by molar-refractivity contribution is 7.80. The summed E-state index contributed by atoms with van der Waals surface area (Å²) in [6, 6.07) is 14.1. The van der Waals surface area contributed by atoms with Gasteiger partial charge in [-0.3, -0.25) is 4.98 Å². The van der Waals surface area contributed by atoms with Gasteiger partial charge in [-0.1, -0.05) is 30.3 Å². The smallest absolute Gasteiger partial charge is 0.187 e. The van der Waals surface area contributed by atoms with Crippen molar-refractivity contribution in [1.82, 2.24) is 9.99 Å². The van der Waals surface area contributed by atoms with E-state index in [2.05, 4.69) is 10.1 Å². The highest BCUT2D eigenvalue weighted by Gasteiger charge is 2.30. The Balaban J connectivity index is 1.94. The first-order valence-corrected chi connectivity index (χ1v) is 6.78. The summed E-state index contributed by atoms with van der Waals surface area (Å²) in [7, 11) is 0. The van der Waals surface area contributed by atoms with Crippen LogP contribution in [0.25, 0.3) is 0 Å². The Hall–Kier alpha value is -2.27. The third-order valence-electron chi connectivity index (χ3n) is 3.33. The zero-order valence-electron chi connectivity index (χ0n) is 10.8. The first-order chi connectivity index (χ1) is 9.75. The minimum Gasteiger partial charge on any atom is -0.375 e. The monoisotopic (exact) mass is 282 g/mol. The summed E-state index contributed by atoms with van der Waals surface area (Å²) in [4.78, 5) is 4.04. The quantitative estimate of drug-likeness (QED) is 0.860. The summed E-state index contributed by atoms with van der Waals surface area (Å²) in [6.45, 7) is 0. The van der Waals surface area contributed by atoms with Crippen molar-refractivity contribution in [2.75, 3.05) is 0 Å². The van der Waals surface area contributed by atoms with Gasteiger partial charge in [-0.05, 0) is 35.5 Å². The minimum absolute atomic E-state index is 0.0470. The van der Waals surface area contributed by atoms with Crippen LogP contribution in [-0.4, -0.2) is 20.8 Å². The van der Waals surface area contributed by atoms with Crippen molar-refractivity contribution in [2.45, 2.75) is 12.5 Å². The molecule has 1 aromatic heterocycles. The molecule has 0 saturated heterocycles. The minimum atomic E-state index is 0.0470. The molecule has 2 N–H and O–H groups in total. The van der Waals surface area contributed by atoms with Gasteiger partial charge in [0.25, 0.3) is 0 Å². The Kier molecular flexibility index (Phi) is 3.43. The first kappa shape index (κ1) is 12.7. The maximum absolute atomic E-state index is 5.80. The highest BCUT2D eigenvalue weighted by Crippen LogP contribution is 2.31. The van der Waals surface area contributed by atoms with Crippen LogP contribution in [0.15, 0.2) is 60.0 Å². The molecule has 2 heterocycles. The number of hydrogen-bond donors (Lipinski definition) is 1. The van der Waals surface area contributed by atoms with Crippen LogP contribution in [-0.2, 0) is 0 Å². The molecule has 0 bridgehead atoms. The van der Waals surface area contributed by atoms with E-state index in [1.54, 1.807) is 17.4 Å². The summed E-state index contributed by atoms with van der Waals surface area (Å²) >= 11 is 5.12. The van der Waals surface area contributed by atoms with Gasteiger partial charge in [0, 0.05) is 18.8 Å². The third kappa shape index (κ3) is 2.40. The first-order valence-electron chi connectivity index (χ1n) is 6.37. The lowest BCUT2D eigenvalue weighted by molar-refractivity contribution is 0.372. The Morgan fingerprint density at radius 1 is 1.15 bits per heavy atom. The predicted octanol–water partition coefficient (Wildman–Crippen LogP) is 2.48. The van der Waals surface area contributed by atoms with E-state index in [1.807, 2.05) is 42.5 Å². The average molecular weight is 282 g/mol. The second-order valence-electron chi connectivity index (χ2n) is 4.60. The van der Waals surface area contributed by atoms with E-state index in [4.69, 9.17) is 18.0 Å². The van der Waals surface area contributed by atoms with E-state index >= 15 is 0 Å². The van der Waals surface area contributed by atoms with Crippen molar-refractivity contribution in [3.8, 4) is 0 Å². The van der Waals surface area contributed by atoms with Crippen LogP contribution in [0.2, 0.25) is 0 Å². The van der Waals surface area contributed by atoms with Gasteiger partial charge >= 0.3 is 0 Å². The lowest BCUT2D eigenvalue weighted by atomic mass is 9.99. The maximum Gasteiger partial charge on any atom is 0.187 e. The number of aromatic nitrogens is 1. The lowest BCUT2D eigenvalue weighted by Crippen LogP contribution is -2.31. The fraction of sp³-hybridized carbons (Fsp3) is 0.133. The fourth-order valence-electron chi connectivity index (χ4n) is 2.36. The Morgan fingerprint density at radius 3 is 2.50 bits per heavy atom. The van der Waals surface area contributed by atoms with Gasteiger partial charge in [-0.2, -0.15) is 5.10 Å². The Labute approximate surface area is 122 Å².